The summed E-state index contributed by atoms with van der Waals surface area (Å²) in [4.78, 5) is 11.2. The summed E-state index contributed by atoms with van der Waals surface area (Å²) >= 11 is 0. The second-order valence-electron chi connectivity index (χ2n) is 4.70. The van der Waals surface area contributed by atoms with Crippen LogP contribution in [0.5, 0.6) is 0 Å². The van der Waals surface area contributed by atoms with Crippen LogP contribution in [0.2, 0.25) is 0 Å². The predicted molar refractivity (Wildman–Crippen MR) is 56.1 cm³/mol. The minimum atomic E-state index is -0.316. The van der Waals surface area contributed by atoms with Crippen LogP contribution in [0.15, 0.2) is 24.3 Å². The maximum atomic E-state index is 11.2. The summed E-state index contributed by atoms with van der Waals surface area (Å²) in [5.74, 6) is 0.189. The summed E-state index contributed by atoms with van der Waals surface area (Å²) in [7, 11) is 0. The van der Waals surface area contributed by atoms with Crippen molar-refractivity contribution in [3.8, 4) is 0 Å². The minimum absolute atomic E-state index is 0.316. The lowest BCUT2D eigenvalue weighted by Gasteiger charge is -2.07. The van der Waals surface area contributed by atoms with Crippen LogP contribution >= 0.6 is 0 Å². The van der Waals surface area contributed by atoms with Gasteiger partial charge in [0.15, 0.2) is 0 Å². The van der Waals surface area contributed by atoms with Crippen molar-refractivity contribution in [2.45, 2.75) is 26.2 Å². The number of carbonyl (C=O) groups is 1. The lowest BCUT2D eigenvalue weighted by Crippen LogP contribution is -2.13. The minimum Gasteiger partial charge on any atom is -0.366 e. The molecule has 1 aliphatic carbocycles. The number of carbonyl (C=O) groups excluding carboxylic acids is 1. The number of primary amides is 1. The van der Waals surface area contributed by atoms with Crippen molar-refractivity contribution < 1.29 is 4.79 Å². The number of nitrogens with two attached hydrogens (primary N) is 1. The molecular formula is C12H15NO. The molecule has 0 heterocycles. The zero-order valence-electron chi connectivity index (χ0n) is 8.58. The Balaban J connectivity index is 2.39. The van der Waals surface area contributed by atoms with E-state index >= 15 is 0 Å². The topological polar surface area (TPSA) is 43.1 Å². The maximum absolute atomic E-state index is 11.2. The van der Waals surface area contributed by atoms with E-state index in [1.54, 1.807) is 0 Å². The number of hydrogen-bond donors (Lipinski definition) is 1. The molecule has 74 valence electrons. The molecule has 1 saturated carbocycles. The van der Waals surface area contributed by atoms with Crippen molar-refractivity contribution in [1.29, 1.82) is 0 Å². The Morgan fingerprint density at radius 1 is 1.43 bits per heavy atom. The van der Waals surface area contributed by atoms with Crippen LogP contribution < -0.4 is 5.73 Å². The largest absolute Gasteiger partial charge is 0.366 e. The van der Waals surface area contributed by atoms with Crippen LogP contribution in [-0.4, -0.2) is 5.91 Å². The molecule has 2 nitrogen and oxygen atoms in total. The molecule has 1 fully saturated rings. The van der Waals surface area contributed by atoms with Crippen molar-refractivity contribution in [3.63, 3.8) is 0 Å². The van der Waals surface area contributed by atoms with E-state index in [-0.39, 0.29) is 5.91 Å². The molecule has 14 heavy (non-hydrogen) atoms. The Kier molecular flexibility index (Phi) is 1.88. The maximum Gasteiger partial charge on any atom is 0.248 e. The van der Waals surface area contributed by atoms with E-state index in [1.807, 2.05) is 24.3 Å². The predicted octanol–water partition coefficient (Wildman–Crippen LogP) is 2.30. The van der Waals surface area contributed by atoms with Crippen molar-refractivity contribution in [3.05, 3.63) is 35.4 Å². The number of benzene rings is 1. The van der Waals surface area contributed by atoms with Crippen LogP contribution in [0.1, 0.15) is 42.1 Å². The second-order valence-corrected chi connectivity index (χ2v) is 4.70. The zero-order chi connectivity index (χ0) is 10.3. The molecule has 0 radical (unpaired) electrons. The number of amides is 1. The van der Waals surface area contributed by atoms with E-state index in [2.05, 4.69) is 13.8 Å². The van der Waals surface area contributed by atoms with Crippen LogP contribution in [0.3, 0.4) is 0 Å². The lowest BCUT2D eigenvalue weighted by atomic mass is 9.98. The molecule has 0 bridgehead atoms. The molecule has 1 atom stereocenters. The van der Waals surface area contributed by atoms with E-state index in [4.69, 9.17) is 5.73 Å². The van der Waals surface area contributed by atoms with Gasteiger partial charge in [-0.25, -0.2) is 0 Å². The quantitative estimate of drug-likeness (QED) is 0.762. The second kappa shape index (κ2) is 2.84. The first-order valence-corrected chi connectivity index (χ1v) is 4.91. The summed E-state index contributed by atoms with van der Waals surface area (Å²) in [5, 5.41) is 0. The van der Waals surface area contributed by atoms with E-state index < -0.39 is 0 Å². The molecule has 0 aromatic heterocycles. The van der Waals surface area contributed by atoms with Crippen LogP contribution in [0, 0.1) is 5.41 Å². The van der Waals surface area contributed by atoms with Crippen LogP contribution in [0.4, 0.5) is 0 Å². The van der Waals surface area contributed by atoms with E-state index in [0.29, 0.717) is 16.9 Å². The van der Waals surface area contributed by atoms with Gasteiger partial charge >= 0.3 is 0 Å². The highest BCUT2D eigenvalue weighted by molar-refractivity contribution is 5.94. The fourth-order valence-electron chi connectivity index (χ4n) is 2.02. The molecule has 0 saturated heterocycles. The molecule has 1 amide bonds. The monoisotopic (exact) mass is 189 g/mol. The van der Waals surface area contributed by atoms with Crippen LogP contribution in [-0.2, 0) is 0 Å². The first-order valence-electron chi connectivity index (χ1n) is 4.91. The van der Waals surface area contributed by atoms with Gasteiger partial charge in [0.05, 0.1) is 0 Å². The normalized spacial score (nSPS) is 23.1. The summed E-state index contributed by atoms with van der Waals surface area (Å²) in [6.07, 6.45) is 1.15. The fourth-order valence-corrected chi connectivity index (χ4v) is 2.02. The summed E-state index contributed by atoms with van der Waals surface area (Å²) in [6.45, 7) is 4.44. The van der Waals surface area contributed by atoms with Gasteiger partial charge < -0.3 is 5.73 Å². The molecular weight excluding hydrogens is 174 g/mol. The van der Waals surface area contributed by atoms with Gasteiger partial charge in [-0.05, 0) is 29.4 Å². The smallest absolute Gasteiger partial charge is 0.248 e. The van der Waals surface area contributed by atoms with Crippen molar-refractivity contribution in [2.75, 3.05) is 0 Å². The first-order chi connectivity index (χ1) is 6.52. The molecule has 1 aromatic carbocycles. The molecule has 2 heteroatoms. The average molecular weight is 189 g/mol. The molecule has 1 aromatic rings. The average Bonchev–Trinajstić information content (AvgIpc) is 2.75. The van der Waals surface area contributed by atoms with Crippen LogP contribution in [0.25, 0.3) is 0 Å². The van der Waals surface area contributed by atoms with Gasteiger partial charge in [0.1, 0.15) is 0 Å². The van der Waals surface area contributed by atoms with E-state index in [0.717, 1.165) is 12.0 Å². The molecule has 2 rings (SSSR count). The van der Waals surface area contributed by atoms with Gasteiger partial charge in [-0.1, -0.05) is 32.0 Å². The first kappa shape index (κ1) is 9.25. The van der Waals surface area contributed by atoms with Gasteiger partial charge in [-0.3, -0.25) is 4.79 Å². The van der Waals surface area contributed by atoms with Gasteiger partial charge in [0.2, 0.25) is 5.91 Å². The highest BCUT2D eigenvalue weighted by Gasteiger charge is 2.47. The Hall–Kier alpha value is -1.31. The standard InChI is InChI=1S/C12H15NO/c1-12(2)7-10(12)8-5-3-4-6-9(8)11(13)14/h3-6,10H,7H2,1-2H3,(H2,13,14). The zero-order valence-corrected chi connectivity index (χ0v) is 8.58. The highest BCUT2D eigenvalue weighted by atomic mass is 16.1. The molecule has 1 aliphatic rings. The Labute approximate surface area is 84.1 Å². The van der Waals surface area contributed by atoms with Gasteiger partial charge in [-0.2, -0.15) is 0 Å². The highest BCUT2D eigenvalue weighted by Crippen LogP contribution is 2.59. The summed E-state index contributed by atoms with van der Waals surface area (Å²) < 4.78 is 0. The van der Waals surface area contributed by atoms with Gasteiger partial charge in [0, 0.05) is 5.56 Å². The van der Waals surface area contributed by atoms with E-state index in [1.165, 1.54) is 0 Å². The third-order valence-corrected chi connectivity index (χ3v) is 3.12. The number of hydrogen-bond acceptors (Lipinski definition) is 1. The third-order valence-electron chi connectivity index (χ3n) is 3.12. The molecule has 0 aliphatic heterocycles. The van der Waals surface area contributed by atoms with Gasteiger partial charge in [-0.15, -0.1) is 0 Å². The molecule has 2 N–H and O–H groups in total. The SMILES string of the molecule is CC1(C)CC1c1ccccc1C(N)=O. The Bertz CT molecular complexity index is 382. The van der Waals surface area contributed by atoms with E-state index in [9.17, 15) is 4.79 Å². The lowest BCUT2D eigenvalue weighted by molar-refractivity contribution is 0.0999. The summed E-state index contributed by atoms with van der Waals surface area (Å²) in [5.41, 5.74) is 7.47. The summed E-state index contributed by atoms with van der Waals surface area (Å²) in [6, 6.07) is 7.65. The van der Waals surface area contributed by atoms with Crippen molar-refractivity contribution in [1.82, 2.24) is 0 Å². The number of rotatable bonds is 2. The van der Waals surface area contributed by atoms with Gasteiger partial charge in [0.25, 0.3) is 0 Å². The fraction of sp³-hybridized carbons (Fsp3) is 0.417. The van der Waals surface area contributed by atoms with Crippen molar-refractivity contribution in [2.24, 2.45) is 11.1 Å². The molecule has 0 spiro atoms. The molecule has 1 unspecified atom stereocenters. The van der Waals surface area contributed by atoms with Crippen molar-refractivity contribution >= 4 is 5.91 Å². The Morgan fingerprint density at radius 3 is 2.50 bits per heavy atom. The Morgan fingerprint density at radius 2 is 2.00 bits per heavy atom. The third kappa shape index (κ3) is 1.41.